The lowest BCUT2D eigenvalue weighted by Gasteiger charge is -2.18. The zero-order valence-electron chi connectivity index (χ0n) is 8.54. The molecule has 0 bridgehead atoms. The fourth-order valence-corrected chi connectivity index (χ4v) is 1.39. The molecule has 16 heavy (non-hydrogen) atoms. The number of hydrogen-bond donors (Lipinski definition) is 3. The number of hydrogen-bond acceptors (Lipinski definition) is 3. The molecule has 0 aliphatic rings. The molecule has 5 nitrogen and oxygen atoms in total. The SMILES string of the molecule is O=CN[C@@H](Cc1ccccc1)[C@H](O)C(=O)O. The molecule has 0 heterocycles. The number of rotatable bonds is 6. The number of benzene rings is 1. The Bertz CT molecular complexity index is 352. The van der Waals surface area contributed by atoms with E-state index in [1.54, 1.807) is 24.3 Å². The molecule has 86 valence electrons. The number of nitrogens with one attached hydrogen (secondary N) is 1. The second kappa shape index (κ2) is 5.87. The van der Waals surface area contributed by atoms with Crippen LogP contribution in [-0.2, 0) is 16.0 Å². The van der Waals surface area contributed by atoms with Crippen molar-refractivity contribution >= 4 is 12.4 Å². The average molecular weight is 223 g/mol. The number of aliphatic carboxylic acids is 1. The zero-order chi connectivity index (χ0) is 12.0. The summed E-state index contributed by atoms with van der Waals surface area (Å²) in [4.78, 5) is 20.9. The van der Waals surface area contributed by atoms with E-state index >= 15 is 0 Å². The summed E-state index contributed by atoms with van der Waals surface area (Å²) >= 11 is 0. The van der Waals surface area contributed by atoms with Gasteiger partial charge in [-0.25, -0.2) is 4.79 Å². The topological polar surface area (TPSA) is 86.6 Å². The van der Waals surface area contributed by atoms with Crippen molar-refractivity contribution in [2.75, 3.05) is 0 Å². The number of amides is 1. The number of carboxylic acids is 1. The minimum absolute atomic E-state index is 0.271. The second-order valence-corrected chi connectivity index (χ2v) is 3.36. The van der Waals surface area contributed by atoms with E-state index in [1.165, 1.54) is 0 Å². The van der Waals surface area contributed by atoms with Crippen molar-refractivity contribution in [3.05, 3.63) is 35.9 Å². The van der Waals surface area contributed by atoms with Crippen LogP contribution in [0.25, 0.3) is 0 Å². The standard InChI is InChI=1S/C11H13NO4/c13-7-12-9(10(14)11(15)16)6-8-4-2-1-3-5-8/h1-5,7,9-10,14H,6H2,(H,12,13)(H,15,16)/t9-,10-/m0/s1. The van der Waals surface area contributed by atoms with Crippen LogP contribution in [0.15, 0.2) is 30.3 Å². The molecule has 1 rings (SSSR count). The summed E-state index contributed by atoms with van der Waals surface area (Å²) in [6.45, 7) is 0. The van der Waals surface area contributed by atoms with Gasteiger partial charge in [0.1, 0.15) is 0 Å². The third-order valence-electron chi connectivity index (χ3n) is 2.21. The molecule has 1 aromatic rings. The maximum absolute atomic E-state index is 10.6. The van der Waals surface area contributed by atoms with Gasteiger partial charge in [0, 0.05) is 0 Å². The first kappa shape index (κ1) is 12.2. The number of carbonyl (C=O) groups excluding carboxylic acids is 1. The monoisotopic (exact) mass is 223 g/mol. The third-order valence-corrected chi connectivity index (χ3v) is 2.21. The highest BCUT2D eigenvalue weighted by Gasteiger charge is 2.25. The van der Waals surface area contributed by atoms with Crippen LogP contribution in [0, 0.1) is 0 Å². The van der Waals surface area contributed by atoms with E-state index in [1.807, 2.05) is 6.07 Å². The highest BCUT2D eigenvalue weighted by Crippen LogP contribution is 2.06. The Morgan fingerprint density at radius 2 is 2.00 bits per heavy atom. The highest BCUT2D eigenvalue weighted by atomic mass is 16.4. The summed E-state index contributed by atoms with van der Waals surface area (Å²) in [6.07, 6.45) is -0.947. The summed E-state index contributed by atoms with van der Waals surface area (Å²) in [7, 11) is 0. The van der Waals surface area contributed by atoms with Crippen LogP contribution in [-0.4, -0.2) is 34.7 Å². The van der Waals surface area contributed by atoms with Crippen molar-refractivity contribution < 1.29 is 19.8 Å². The van der Waals surface area contributed by atoms with E-state index < -0.39 is 18.1 Å². The Labute approximate surface area is 92.7 Å². The van der Waals surface area contributed by atoms with E-state index in [0.29, 0.717) is 6.41 Å². The fraction of sp³-hybridized carbons (Fsp3) is 0.273. The lowest BCUT2D eigenvalue weighted by Crippen LogP contribution is -2.45. The van der Waals surface area contributed by atoms with E-state index in [0.717, 1.165) is 5.56 Å². The van der Waals surface area contributed by atoms with Gasteiger partial charge in [-0.1, -0.05) is 30.3 Å². The highest BCUT2D eigenvalue weighted by molar-refractivity contribution is 5.73. The van der Waals surface area contributed by atoms with Crippen molar-refractivity contribution in [1.29, 1.82) is 0 Å². The summed E-state index contributed by atoms with van der Waals surface area (Å²) in [6, 6.07) is 8.22. The molecule has 5 heteroatoms. The molecule has 1 aromatic carbocycles. The smallest absolute Gasteiger partial charge is 0.334 e. The Morgan fingerprint density at radius 3 is 2.50 bits per heavy atom. The zero-order valence-corrected chi connectivity index (χ0v) is 8.54. The molecule has 0 aliphatic carbocycles. The lowest BCUT2D eigenvalue weighted by atomic mass is 10.0. The van der Waals surface area contributed by atoms with Crippen LogP contribution in [0.3, 0.4) is 0 Å². The Hall–Kier alpha value is -1.88. The van der Waals surface area contributed by atoms with Crippen molar-refractivity contribution in [2.24, 2.45) is 0 Å². The molecule has 1 amide bonds. The number of carboxylic acid groups (broad SMARTS) is 1. The van der Waals surface area contributed by atoms with Gasteiger partial charge in [-0.2, -0.15) is 0 Å². The first-order valence-electron chi connectivity index (χ1n) is 4.79. The Balaban J connectivity index is 2.71. The molecule has 0 unspecified atom stereocenters. The molecule has 0 spiro atoms. The molecule has 0 saturated carbocycles. The average Bonchev–Trinajstić information content (AvgIpc) is 2.29. The number of carbonyl (C=O) groups is 2. The predicted octanol–water partition coefficient (Wildman–Crippen LogP) is -0.211. The van der Waals surface area contributed by atoms with Crippen LogP contribution in [0.2, 0.25) is 0 Å². The van der Waals surface area contributed by atoms with Crippen molar-refractivity contribution in [3.8, 4) is 0 Å². The largest absolute Gasteiger partial charge is 0.479 e. The van der Waals surface area contributed by atoms with E-state index in [2.05, 4.69) is 5.32 Å². The van der Waals surface area contributed by atoms with Crippen LogP contribution in [0.4, 0.5) is 0 Å². The van der Waals surface area contributed by atoms with Crippen molar-refractivity contribution in [3.63, 3.8) is 0 Å². The van der Waals surface area contributed by atoms with Gasteiger partial charge >= 0.3 is 5.97 Å². The third kappa shape index (κ3) is 3.36. The summed E-state index contributed by atoms with van der Waals surface area (Å²) in [5.74, 6) is -1.35. The van der Waals surface area contributed by atoms with E-state index in [-0.39, 0.29) is 6.42 Å². The maximum Gasteiger partial charge on any atom is 0.334 e. The van der Waals surface area contributed by atoms with Crippen LogP contribution in [0.5, 0.6) is 0 Å². The summed E-state index contributed by atoms with van der Waals surface area (Å²) in [5, 5.41) is 20.3. The first-order chi connectivity index (χ1) is 7.65. The summed E-state index contributed by atoms with van der Waals surface area (Å²) < 4.78 is 0. The minimum atomic E-state index is -1.61. The molecule has 0 radical (unpaired) electrons. The quantitative estimate of drug-likeness (QED) is 0.582. The second-order valence-electron chi connectivity index (χ2n) is 3.36. The molecule has 0 fully saturated rings. The lowest BCUT2D eigenvalue weighted by molar-refractivity contribution is -0.148. The van der Waals surface area contributed by atoms with Gasteiger partial charge in [0.05, 0.1) is 6.04 Å². The number of aliphatic hydroxyl groups is 1. The van der Waals surface area contributed by atoms with E-state index in [4.69, 9.17) is 5.11 Å². The first-order valence-corrected chi connectivity index (χ1v) is 4.79. The van der Waals surface area contributed by atoms with Crippen LogP contribution >= 0.6 is 0 Å². The minimum Gasteiger partial charge on any atom is -0.479 e. The fourth-order valence-electron chi connectivity index (χ4n) is 1.39. The van der Waals surface area contributed by atoms with Gasteiger partial charge in [0.15, 0.2) is 6.10 Å². The Morgan fingerprint density at radius 1 is 1.38 bits per heavy atom. The summed E-state index contributed by atoms with van der Waals surface area (Å²) in [5.41, 5.74) is 0.849. The van der Waals surface area contributed by atoms with Gasteiger partial charge in [0.2, 0.25) is 6.41 Å². The molecular weight excluding hydrogens is 210 g/mol. The molecule has 0 saturated heterocycles. The van der Waals surface area contributed by atoms with Crippen molar-refractivity contribution in [1.82, 2.24) is 5.32 Å². The predicted molar refractivity (Wildman–Crippen MR) is 56.8 cm³/mol. The molecule has 0 aliphatic heterocycles. The van der Waals surface area contributed by atoms with Gasteiger partial charge in [-0.3, -0.25) is 4.79 Å². The molecule has 0 aromatic heterocycles. The normalized spacial score (nSPS) is 13.8. The van der Waals surface area contributed by atoms with Gasteiger partial charge in [-0.15, -0.1) is 0 Å². The van der Waals surface area contributed by atoms with Crippen molar-refractivity contribution in [2.45, 2.75) is 18.6 Å². The van der Waals surface area contributed by atoms with Gasteiger partial charge in [0.25, 0.3) is 0 Å². The molecule has 2 atom stereocenters. The van der Waals surface area contributed by atoms with Gasteiger partial charge in [-0.05, 0) is 12.0 Å². The molecule has 3 N–H and O–H groups in total. The maximum atomic E-state index is 10.6. The Kier molecular flexibility index (Phi) is 4.47. The van der Waals surface area contributed by atoms with E-state index in [9.17, 15) is 14.7 Å². The number of aliphatic hydroxyl groups excluding tert-OH is 1. The van der Waals surface area contributed by atoms with Crippen LogP contribution < -0.4 is 5.32 Å². The van der Waals surface area contributed by atoms with Crippen LogP contribution in [0.1, 0.15) is 5.56 Å². The van der Waals surface area contributed by atoms with Gasteiger partial charge < -0.3 is 15.5 Å². The molecular formula is C11H13NO4.